The monoisotopic (exact) mass is 215 g/mol. The van der Waals surface area contributed by atoms with E-state index >= 15 is 0 Å². The summed E-state index contributed by atoms with van der Waals surface area (Å²) in [7, 11) is 1.70. The fraction of sp³-hybridized carbons (Fsp3) is 1.00. The Kier molecular flexibility index (Phi) is 6.98. The highest BCUT2D eigenvalue weighted by atomic mass is 16.5. The SMILES string of the molecule is COCCOCCCC1CCCCC1N. The van der Waals surface area contributed by atoms with Gasteiger partial charge in [-0.2, -0.15) is 0 Å². The van der Waals surface area contributed by atoms with Crippen LogP contribution in [0.5, 0.6) is 0 Å². The van der Waals surface area contributed by atoms with Gasteiger partial charge in [-0.15, -0.1) is 0 Å². The van der Waals surface area contributed by atoms with Gasteiger partial charge in [0.25, 0.3) is 0 Å². The maximum absolute atomic E-state index is 6.08. The molecule has 90 valence electrons. The summed E-state index contributed by atoms with van der Waals surface area (Å²) in [6.45, 7) is 2.27. The summed E-state index contributed by atoms with van der Waals surface area (Å²) in [5.41, 5.74) is 6.08. The summed E-state index contributed by atoms with van der Waals surface area (Å²) in [5, 5.41) is 0. The van der Waals surface area contributed by atoms with Crippen LogP contribution in [0.15, 0.2) is 0 Å². The van der Waals surface area contributed by atoms with Gasteiger partial charge < -0.3 is 15.2 Å². The zero-order valence-corrected chi connectivity index (χ0v) is 9.91. The van der Waals surface area contributed by atoms with E-state index in [0.717, 1.165) is 18.9 Å². The van der Waals surface area contributed by atoms with E-state index in [-0.39, 0.29) is 0 Å². The minimum atomic E-state index is 0.442. The van der Waals surface area contributed by atoms with Gasteiger partial charge in [0.05, 0.1) is 13.2 Å². The number of ether oxygens (including phenoxy) is 2. The topological polar surface area (TPSA) is 44.5 Å². The van der Waals surface area contributed by atoms with Crippen molar-refractivity contribution in [2.45, 2.75) is 44.6 Å². The van der Waals surface area contributed by atoms with Crippen molar-refractivity contribution in [3.8, 4) is 0 Å². The first-order valence-corrected chi connectivity index (χ1v) is 6.17. The van der Waals surface area contributed by atoms with E-state index in [1.807, 2.05) is 0 Å². The molecular weight excluding hydrogens is 190 g/mol. The molecule has 0 saturated heterocycles. The molecule has 0 heterocycles. The molecule has 0 amide bonds. The zero-order chi connectivity index (χ0) is 10.9. The summed E-state index contributed by atoms with van der Waals surface area (Å²) in [6.07, 6.45) is 7.59. The number of rotatable bonds is 7. The first-order chi connectivity index (χ1) is 7.34. The second-order valence-corrected chi connectivity index (χ2v) is 4.46. The normalized spacial score (nSPS) is 26.8. The largest absolute Gasteiger partial charge is 0.382 e. The van der Waals surface area contributed by atoms with E-state index in [1.165, 1.54) is 32.1 Å². The average Bonchev–Trinajstić information content (AvgIpc) is 2.25. The summed E-state index contributed by atoms with van der Waals surface area (Å²) in [4.78, 5) is 0. The van der Waals surface area contributed by atoms with Gasteiger partial charge in [0.2, 0.25) is 0 Å². The van der Waals surface area contributed by atoms with Crippen molar-refractivity contribution in [1.82, 2.24) is 0 Å². The fourth-order valence-electron chi connectivity index (χ4n) is 2.29. The third-order valence-electron chi connectivity index (χ3n) is 3.26. The average molecular weight is 215 g/mol. The van der Waals surface area contributed by atoms with Crippen LogP contribution in [0, 0.1) is 5.92 Å². The molecule has 3 heteroatoms. The van der Waals surface area contributed by atoms with Gasteiger partial charge in [-0.3, -0.25) is 0 Å². The van der Waals surface area contributed by atoms with Crippen molar-refractivity contribution in [1.29, 1.82) is 0 Å². The highest BCUT2D eigenvalue weighted by molar-refractivity contribution is 4.77. The lowest BCUT2D eigenvalue weighted by molar-refractivity contribution is 0.0660. The Balaban J connectivity index is 1.94. The highest BCUT2D eigenvalue weighted by Gasteiger charge is 2.20. The first kappa shape index (κ1) is 12.9. The Morgan fingerprint density at radius 1 is 1.13 bits per heavy atom. The number of hydrogen-bond donors (Lipinski definition) is 1. The fourth-order valence-corrected chi connectivity index (χ4v) is 2.29. The van der Waals surface area contributed by atoms with Gasteiger partial charge in [0, 0.05) is 19.8 Å². The Morgan fingerprint density at radius 2 is 1.93 bits per heavy atom. The Morgan fingerprint density at radius 3 is 2.67 bits per heavy atom. The maximum atomic E-state index is 6.08. The number of nitrogens with two attached hydrogens (primary N) is 1. The maximum Gasteiger partial charge on any atom is 0.0700 e. The molecule has 0 radical (unpaired) electrons. The van der Waals surface area contributed by atoms with Crippen LogP contribution in [-0.4, -0.2) is 33.0 Å². The van der Waals surface area contributed by atoms with Crippen LogP contribution in [0.2, 0.25) is 0 Å². The van der Waals surface area contributed by atoms with Crippen molar-refractivity contribution >= 4 is 0 Å². The molecule has 0 aromatic carbocycles. The van der Waals surface area contributed by atoms with E-state index in [0.29, 0.717) is 19.3 Å². The molecule has 1 saturated carbocycles. The Bertz CT molecular complexity index is 153. The molecular formula is C12H25NO2. The number of methoxy groups -OCH3 is 1. The molecule has 1 aliphatic rings. The lowest BCUT2D eigenvalue weighted by Crippen LogP contribution is -2.33. The van der Waals surface area contributed by atoms with Crippen molar-refractivity contribution in [3.63, 3.8) is 0 Å². The second-order valence-electron chi connectivity index (χ2n) is 4.46. The first-order valence-electron chi connectivity index (χ1n) is 6.17. The molecule has 1 aliphatic carbocycles. The summed E-state index contributed by atoms with van der Waals surface area (Å²) >= 11 is 0. The summed E-state index contributed by atoms with van der Waals surface area (Å²) < 4.78 is 10.3. The van der Waals surface area contributed by atoms with E-state index in [1.54, 1.807) is 7.11 Å². The van der Waals surface area contributed by atoms with Gasteiger partial charge in [0.15, 0.2) is 0 Å². The smallest absolute Gasteiger partial charge is 0.0700 e. The van der Waals surface area contributed by atoms with Gasteiger partial charge in [-0.1, -0.05) is 12.8 Å². The van der Waals surface area contributed by atoms with Gasteiger partial charge >= 0.3 is 0 Å². The van der Waals surface area contributed by atoms with Crippen LogP contribution < -0.4 is 5.73 Å². The van der Waals surface area contributed by atoms with Crippen LogP contribution >= 0.6 is 0 Å². The van der Waals surface area contributed by atoms with Gasteiger partial charge in [-0.25, -0.2) is 0 Å². The Hall–Kier alpha value is -0.120. The van der Waals surface area contributed by atoms with Crippen molar-refractivity contribution < 1.29 is 9.47 Å². The third-order valence-corrected chi connectivity index (χ3v) is 3.26. The molecule has 1 rings (SSSR count). The molecule has 0 spiro atoms. The molecule has 0 aliphatic heterocycles. The lowest BCUT2D eigenvalue weighted by Gasteiger charge is -2.28. The quantitative estimate of drug-likeness (QED) is 0.660. The summed E-state index contributed by atoms with van der Waals surface area (Å²) in [6, 6.07) is 0.442. The molecule has 2 atom stereocenters. The predicted octanol–water partition coefficient (Wildman–Crippen LogP) is 1.95. The second kappa shape index (κ2) is 8.08. The predicted molar refractivity (Wildman–Crippen MR) is 61.9 cm³/mol. The van der Waals surface area contributed by atoms with Crippen molar-refractivity contribution in [2.75, 3.05) is 26.9 Å². The van der Waals surface area contributed by atoms with Crippen molar-refractivity contribution in [3.05, 3.63) is 0 Å². The van der Waals surface area contributed by atoms with Crippen molar-refractivity contribution in [2.24, 2.45) is 11.7 Å². The third kappa shape index (κ3) is 5.50. The van der Waals surface area contributed by atoms with E-state index in [4.69, 9.17) is 15.2 Å². The van der Waals surface area contributed by atoms with Crippen LogP contribution in [-0.2, 0) is 9.47 Å². The lowest BCUT2D eigenvalue weighted by atomic mass is 9.82. The van der Waals surface area contributed by atoms with Crippen LogP contribution in [0.1, 0.15) is 38.5 Å². The molecule has 2 N–H and O–H groups in total. The standard InChI is InChI=1S/C12H25NO2/c1-14-9-10-15-8-4-6-11-5-2-3-7-12(11)13/h11-12H,2-10,13H2,1H3. The molecule has 1 fully saturated rings. The number of hydrogen-bond acceptors (Lipinski definition) is 3. The van der Waals surface area contributed by atoms with Gasteiger partial charge in [-0.05, 0) is 31.6 Å². The zero-order valence-electron chi connectivity index (χ0n) is 9.91. The van der Waals surface area contributed by atoms with Crippen LogP contribution in [0.3, 0.4) is 0 Å². The van der Waals surface area contributed by atoms with Crippen LogP contribution in [0.25, 0.3) is 0 Å². The Labute approximate surface area is 93.3 Å². The molecule has 0 aromatic rings. The molecule has 3 nitrogen and oxygen atoms in total. The highest BCUT2D eigenvalue weighted by Crippen LogP contribution is 2.26. The van der Waals surface area contributed by atoms with E-state index in [9.17, 15) is 0 Å². The van der Waals surface area contributed by atoms with Crippen LogP contribution in [0.4, 0.5) is 0 Å². The molecule has 2 unspecified atom stereocenters. The van der Waals surface area contributed by atoms with E-state index in [2.05, 4.69) is 0 Å². The minimum Gasteiger partial charge on any atom is -0.382 e. The molecule has 15 heavy (non-hydrogen) atoms. The molecule has 0 bridgehead atoms. The van der Waals surface area contributed by atoms with Gasteiger partial charge in [0.1, 0.15) is 0 Å². The summed E-state index contributed by atoms with van der Waals surface area (Å²) in [5.74, 6) is 0.741. The minimum absolute atomic E-state index is 0.442. The molecule has 0 aromatic heterocycles. The van der Waals surface area contributed by atoms with E-state index < -0.39 is 0 Å².